The summed E-state index contributed by atoms with van der Waals surface area (Å²) in [5.41, 5.74) is 0.413. The summed E-state index contributed by atoms with van der Waals surface area (Å²) in [6.45, 7) is 0.587. The van der Waals surface area contributed by atoms with Gasteiger partial charge in [-0.15, -0.1) is 0 Å². The lowest BCUT2D eigenvalue weighted by atomic mass is 10.2. The van der Waals surface area contributed by atoms with Crippen LogP contribution in [0.5, 0.6) is 0 Å². The lowest BCUT2D eigenvalue weighted by molar-refractivity contribution is -0.136. The van der Waals surface area contributed by atoms with Crippen LogP contribution in [-0.2, 0) is 14.3 Å². The number of amides is 1. The number of halogens is 1. The van der Waals surface area contributed by atoms with Crippen molar-refractivity contribution in [3.05, 3.63) is 23.5 Å². The molecule has 0 bridgehead atoms. The Morgan fingerprint density at radius 2 is 2.35 bits per heavy atom. The van der Waals surface area contributed by atoms with E-state index in [0.29, 0.717) is 18.7 Å². The quantitative estimate of drug-likeness (QED) is 0.837. The largest absolute Gasteiger partial charge is 0.481 e. The maximum absolute atomic E-state index is 12.4. The van der Waals surface area contributed by atoms with E-state index < -0.39 is 12.1 Å². The van der Waals surface area contributed by atoms with E-state index in [-0.39, 0.29) is 24.0 Å². The second kappa shape index (κ2) is 6.67. The number of carbonyl (C=O) groups excluding carboxylic acids is 1. The molecule has 1 atom stereocenters. The number of hydrogen-bond acceptors (Lipinski definition) is 4. The minimum absolute atomic E-state index is 0.0411. The molecular formula is C13H15ClN2O4. The Hall–Kier alpha value is -1.66. The van der Waals surface area contributed by atoms with Crippen LogP contribution in [0.3, 0.4) is 0 Å². The van der Waals surface area contributed by atoms with E-state index in [0.717, 1.165) is 6.42 Å². The average molecular weight is 299 g/mol. The average Bonchev–Trinajstić information content (AvgIpc) is 2.94. The van der Waals surface area contributed by atoms with Crippen molar-refractivity contribution in [1.29, 1.82) is 0 Å². The summed E-state index contributed by atoms with van der Waals surface area (Å²) in [6.07, 6.45) is 2.28. The molecule has 1 aliphatic heterocycles. The van der Waals surface area contributed by atoms with Crippen molar-refractivity contribution in [3.8, 4) is 0 Å². The van der Waals surface area contributed by atoms with Crippen LogP contribution in [0, 0.1) is 0 Å². The van der Waals surface area contributed by atoms with Crippen LogP contribution in [0.15, 0.2) is 18.3 Å². The van der Waals surface area contributed by atoms with Gasteiger partial charge in [0.2, 0.25) is 0 Å². The summed E-state index contributed by atoms with van der Waals surface area (Å²) in [7, 11) is 0. The summed E-state index contributed by atoms with van der Waals surface area (Å²) < 4.78 is 5.36. The minimum atomic E-state index is -0.977. The first-order chi connectivity index (χ1) is 9.59. The van der Waals surface area contributed by atoms with Crippen LogP contribution in [0.1, 0.15) is 19.3 Å². The summed E-state index contributed by atoms with van der Waals surface area (Å²) in [5.74, 6) is -1.24. The molecule has 0 radical (unpaired) electrons. The van der Waals surface area contributed by atoms with Gasteiger partial charge in [0.05, 0.1) is 12.1 Å². The fourth-order valence-electron chi connectivity index (χ4n) is 2.08. The molecular weight excluding hydrogens is 284 g/mol. The lowest BCUT2D eigenvalue weighted by Gasteiger charge is -2.25. The Labute approximate surface area is 121 Å². The Morgan fingerprint density at radius 1 is 1.55 bits per heavy atom. The highest BCUT2D eigenvalue weighted by atomic mass is 35.5. The molecule has 0 aromatic carbocycles. The third kappa shape index (κ3) is 3.46. The molecule has 20 heavy (non-hydrogen) atoms. The molecule has 1 fully saturated rings. The predicted octanol–water partition coefficient (Wildman–Crippen LogP) is 1.72. The molecule has 1 aromatic rings. The first-order valence-electron chi connectivity index (χ1n) is 6.35. The minimum Gasteiger partial charge on any atom is -0.481 e. The molecule has 0 saturated carbocycles. The smallest absolute Gasteiger partial charge is 0.305 e. The van der Waals surface area contributed by atoms with Crippen molar-refractivity contribution in [1.82, 2.24) is 4.98 Å². The van der Waals surface area contributed by atoms with Crippen molar-refractivity contribution < 1.29 is 19.4 Å². The molecule has 108 valence electrons. The summed E-state index contributed by atoms with van der Waals surface area (Å²) in [6, 6.07) is 3.29. The van der Waals surface area contributed by atoms with Crippen molar-refractivity contribution >= 4 is 29.2 Å². The van der Waals surface area contributed by atoms with Crippen molar-refractivity contribution in [2.75, 3.05) is 18.1 Å². The number of nitrogens with zero attached hydrogens (tertiary/aromatic N) is 2. The molecule has 7 heteroatoms. The van der Waals surface area contributed by atoms with Gasteiger partial charge < -0.3 is 14.7 Å². The third-order valence-corrected chi connectivity index (χ3v) is 3.34. The van der Waals surface area contributed by atoms with Crippen molar-refractivity contribution in [2.45, 2.75) is 25.4 Å². The molecule has 6 nitrogen and oxygen atoms in total. The lowest BCUT2D eigenvalue weighted by Crippen LogP contribution is -2.40. The van der Waals surface area contributed by atoms with E-state index in [1.54, 1.807) is 12.1 Å². The zero-order valence-electron chi connectivity index (χ0n) is 10.8. The fourth-order valence-corrected chi connectivity index (χ4v) is 2.30. The number of aromatic nitrogens is 1. The van der Waals surface area contributed by atoms with E-state index in [2.05, 4.69) is 4.98 Å². The fraction of sp³-hybridized carbons (Fsp3) is 0.462. The van der Waals surface area contributed by atoms with Crippen LogP contribution in [-0.4, -0.2) is 41.2 Å². The van der Waals surface area contributed by atoms with Crippen LogP contribution in [0.25, 0.3) is 0 Å². The molecule has 1 saturated heterocycles. The molecule has 1 N–H and O–H groups in total. The Kier molecular flexibility index (Phi) is 4.92. The second-order valence-corrected chi connectivity index (χ2v) is 4.81. The van der Waals surface area contributed by atoms with E-state index in [9.17, 15) is 9.59 Å². The Bertz CT molecular complexity index is 503. The van der Waals surface area contributed by atoms with Gasteiger partial charge in [-0.2, -0.15) is 0 Å². The highest BCUT2D eigenvalue weighted by Gasteiger charge is 2.30. The summed E-state index contributed by atoms with van der Waals surface area (Å²) in [5, 5.41) is 8.98. The number of aliphatic carboxylic acids is 1. The van der Waals surface area contributed by atoms with Crippen molar-refractivity contribution in [3.63, 3.8) is 0 Å². The number of carboxylic acid groups (broad SMARTS) is 1. The number of hydrogen-bond donors (Lipinski definition) is 1. The zero-order chi connectivity index (χ0) is 14.5. The molecule has 2 rings (SSSR count). The van der Waals surface area contributed by atoms with Gasteiger partial charge in [0.15, 0.2) is 5.15 Å². The van der Waals surface area contributed by atoms with E-state index in [1.807, 2.05) is 0 Å². The van der Waals surface area contributed by atoms with Gasteiger partial charge in [-0.1, -0.05) is 11.6 Å². The molecule has 1 aromatic heterocycles. The highest BCUT2D eigenvalue weighted by Crippen LogP contribution is 2.26. The monoisotopic (exact) mass is 298 g/mol. The molecule has 1 amide bonds. The van der Waals surface area contributed by atoms with Gasteiger partial charge in [-0.05, 0) is 25.0 Å². The number of carbonyl (C=O) groups is 2. The van der Waals surface area contributed by atoms with Crippen LogP contribution in [0.4, 0.5) is 5.69 Å². The van der Waals surface area contributed by atoms with E-state index >= 15 is 0 Å². The molecule has 0 spiro atoms. The maximum atomic E-state index is 12.4. The second-order valence-electron chi connectivity index (χ2n) is 4.45. The van der Waals surface area contributed by atoms with E-state index in [4.69, 9.17) is 21.4 Å². The molecule has 1 aliphatic rings. The number of pyridine rings is 1. The number of carboxylic acids is 1. The Morgan fingerprint density at radius 3 is 2.95 bits per heavy atom. The van der Waals surface area contributed by atoms with Gasteiger partial charge in [-0.3, -0.25) is 9.59 Å². The van der Waals surface area contributed by atoms with Gasteiger partial charge in [0.25, 0.3) is 5.91 Å². The van der Waals surface area contributed by atoms with Crippen molar-refractivity contribution in [2.24, 2.45) is 0 Å². The van der Waals surface area contributed by atoms with Crippen LogP contribution < -0.4 is 4.90 Å². The van der Waals surface area contributed by atoms with E-state index in [1.165, 1.54) is 11.1 Å². The standard InChI is InChI=1S/C13H15ClN2O4/c14-12-9(3-1-6-15-12)16(7-5-11(17)18)13(19)10-4-2-8-20-10/h1,3,6,10H,2,4-5,7-8H2,(H,17,18). The van der Waals surface area contributed by atoms with Gasteiger partial charge in [0, 0.05) is 19.3 Å². The van der Waals surface area contributed by atoms with Gasteiger partial charge in [-0.25, -0.2) is 4.98 Å². The molecule has 2 heterocycles. The zero-order valence-corrected chi connectivity index (χ0v) is 11.5. The topological polar surface area (TPSA) is 79.7 Å². The highest BCUT2D eigenvalue weighted by molar-refractivity contribution is 6.32. The number of anilines is 1. The van der Waals surface area contributed by atoms with Crippen LogP contribution in [0.2, 0.25) is 5.15 Å². The molecule has 0 aliphatic carbocycles. The summed E-state index contributed by atoms with van der Waals surface area (Å²) in [4.78, 5) is 28.4. The predicted molar refractivity (Wildman–Crippen MR) is 72.8 cm³/mol. The van der Waals surface area contributed by atoms with Gasteiger partial charge in [0.1, 0.15) is 6.10 Å². The number of rotatable bonds is 5. The first kappa shape index (κ1) is 14.7. The Balaban J connectivity index is 2.21. The SMILES string of the molecule is O=C(O)CCN(C(=O)C1CCCO1)c1cccnc1Cl. The van der Waals surface area contributed by atoms with Crippen LogP contribution >= 0.6 is 11.6 Å². The maximum Gasteiger partial charge on any atom is 0.305 e. The van der Waals surface area contributed by atoms with Gasteiger partial charge >= 0.3 is 5.97 Å². The number of ether oxygens (including phenoxy) is 1. The summed E-state index contributed by atoms with van der Waals surface area (Å²) >= 11 is 5.99. The first-order valence-corrected chi connectivity index (χ1v) is 6.72. The molecule has 1 unspecified atom stereocenters. The normalized spacial score (nSPS) is 17.9. The third-order valence-electron chi connectivity index (χ3n) is 3.05.